The van der Waals surface area contributed by atoms with Crippen LogP contribution in [-0.2, 0) is 17.9 Å². The number of carbonyl (C=O) groups is 2. The first-order chi connectivity index (χ1) is 19.9. The zero-order valence-corrected chi connectivity index (χ0v) is 22.3. The van der Waals surface area contributed by atoms with Crippen molar-refractivity contribution in [3.05, 3.63) is 86.2 Å². The smallest absolute Gasteiger partial charge is 0.325 e. The van der Waals surface area contributed by atoms with Crippen LogP contribution in [0.4, 0.5) is 0 Å². The summed E-state index contributed by atoms with van der Waals surface area (Å²) in [7, 11) is 0. The zero-order chi connectivity index (χ0) is 28.3. The number of H-pyrrole nitrogens is 2. The Labute approximate surface area is 235 Å². The fourth-order valence-electron chi connectivity index (χ4n) is 4.97. The molecule has 4 N–H and O–H groups in total. The van der Waals surface area contributed by atoms with Gasteiger partial charge >= 0.3 is 5.69 Å². The van der Waals surface area contributed by atoms with Crippen LogP contribution in [0.1, 0.15) is 34.5 Å². The third kappa shape index (κ3) is 6.95. The van der Waals surface area contributed by atoms with Gasteiger partial charge in [0.1, 0.15) is 23.4 Å². The van der Waals surface area contributed by atoms with E-state index in [1.165, 1.54) is 6.07 Å². The third-order valence-electron chi connectivity index (χ3n) is 7.26. The number of likely N-dealkylation sites (tertiary alicyclic amines) is 1. The van der Waals surface area contributed by atoms with Crippen molar-refractivity contribution in [3.8, 4) is 17.2 Å². The Morgan fingerprint density at radius 1 is 0.927 bits per heavy atom. The molecule has 4 aliphatic rings. The molecule has 0 spiro atoms. The molecule has 214 valence electrons. The van der Waals surface area contributed by atoms with Gasteiger partial charge in [0.15, 0.2) is 6.61 Å². The highest BCUT2D eigenvalue weighted by Gasteiger charge is 2.36. The van der Waals surface area contributed by atoms with E-state index in [4.69, 9.17) is 14.2 Å². The first kappa shape index (κ1) is 26.6. The number of ether oxygens (including phenoxy) is 3. The molecule has 12 heteroatoms. The molecule has 0 unspecified atom stereocenters. The maximum atomic E-state index is 13.5. The van der Waals surface area contributed by atoms with E-state index < -0.39 is 23.4 Å². The molecule has 2 amide bonds. The Bertz CT molecular complexity index is 1520. The summed E-state index contributed by atoms with van der Waals surface area (Å²) >= 11 is 0. The van der Waals surface area contributed by atoms with Crippen molar-refractivity contribution in [2.75, 3.05) is 26.3 Å². The van der Waals surface area contributed by atoms with Crippen molar-refractivity contribution < 1.29 is 23.8 Å². The highest BCUT2D eigenvalue weighted by atomic mass is 16.5. The molecule has 4 bridgehead atoms. The van der Waals surface area contributed by atoms with Crippen molar-refractivity contribution in [1.29, 1.82) is 0 Å². The lowest BCUT2D eigenvalue weighted by Crippen LogP contribution is -2.45. The summed E-state index contributed by atoms with van der Waals surface area (Å²) in [6.07, 6.45) is 1.82. The molecular weight excluding hydrogens is 530 g/mol. The number of hydrogen-bond donors (Lipinski definition) is 4. The van der Waals surface area contributed by atoms with Gasteiger partial charge in [-0.15, -0.1) is 0 Å². The summed E-state index contributed by atoms with van der Waals surface area (Å²) < 4.78 is 18.0. The minimum atomic E-state index is -0.574. The lowest BCUT2D eigenvalue weighted by Gasteiger charge is -2.22. The Morgan fingerprint density at radius 2 is 1.76 bits per heavy atom. The van der Waals surface area contributed by atoms with Crippen LogP contribution in [0.3, 0.4) is 0 Å². The second-order valence-electron chi connectivity index (χ2n) is 10.7. The summed E-state index contributed by atoms with van der Waals surface area (Å²) in [6.45, 7) is 1.83. The Kier molecular flexibility index (Phi) is 7.47. The summed E-state index contributed by atoms with van der Waals surface area (Å²) in [5, 5.41) is 5.92. The molecule has 3 aromatic rings. The molecule has 2 fully saturated rings. The van der Waals surface area contributed by atoms with Crippen LogP contribution in [0.2, 0.25) is 0 Å². The average Bonchev–Trinajstić information content (AvgIpc) is 3.70. The number of carbonyl (C=O) groups excluding carboxylic acids is 2. The van der Waals surface area contributed by atoms with E-state index in [2.05, 4.69) is 20.6 Å². The van der Waals surface area contributed by atoms with E-state index in [0.29, 0.717) is 67.2 Å². The van der Waals surface area contributed by atoms with Crippen LogP contribution in [0, 0.1) is 5.92 Å². The molecule has 1 aliphatic carbocycles. The number of aromatic nitrogens is 2. The van der Waals surface area contributed by atoms with Crippen molar-refractivity contribution in [1.82, 2.24) is 25.5 Å². The molecule has 1 saturated heterocycles. The van der Waals surface area contributed by atoms with E-state index in [1.54, 1.807) is 18.2 Å². The quantitative estimate of drug-likeness (QED) is 0.359. The van der Waals surface area contributed by atoms with Gasteiger partial charge < -0.3 is 29.8 Å². The predicted octanol–water partition coefficient (Wildman–Crippen LogP) is 0.922. The highest BCUT2D eigenvalue weighted by Crippen LogP contribution is 2.31. The summed E-state index contributed by atoms with van der Waals surface area (Å²) in [4.78, 5) is 56.4. The average molecular weight is 562 g/mol. The van der Waals surface area contributed by atoms with Gasteiger partial charge in [-0.1, -0.05) is 12.1 Å². The molecule has 2 aromatic carbocycles. The van der Waals surface area contributed by atoms with E-state index >= 15 is 0 Å². The maximum absolute atomic E-state index is 13.5. The van der Waals surface area contributed by atoms with Crippen molar-refractivity contribution in [3.63, 3.8) is 0 Å². The number of benzene rings is 2. The Hall–Kier alpha value is -4.58. The molecule has 7 rings (SSSR count). The SMILES string of the molecule is O=C1COc2cc(OCC3CC3)cc(c2)C(=O)N[C@H]2CN(Cc3cc(=O)[nH]c(=O)[nH]3)C[C@@H]2Oc2ccc(cc2)CN1. The summed E-state index contributed by atoms with van der Waals surface area (Å²) in [5.74, 6) is 1.34. The molecule has 0 radical (unpaired) electrons. The van der Waals surface area contributed by atoms with Crippen molar-refractivity contribution >= 4 is 11.8 Å². The first-order valence-corrected chi connectivity index (χ1v) is 13.6. The fraction of sp³-hybridized carbons (Fsp3) is 0.379. The topological polar surface area (TPSA) is 155 Å². The standard InChI is InChI=1S/C29H31N5O7/c35-26-9-20(31-29(38)33-26)12-34-13-24-25(14-34)41-21-5-3-17(4-6-21)11-30-27(36)16-40-23-8-19(28(37)32-24)7-22(10-23)39-15-18-1-2-18/h3-10,18,24-25H,1-2,11-16H2,(H,30,36)(H,32,37)(H2,31,33,35,38)/t24-,25-/m0/s1. The Balaban J connectivity index is 1.27. The van der Waals surface area contributed by atoms with Gasteiger partial charge in [0.25, 0.3) is 17.4 Å². The van der Waals surface area contributed by atoms with E-state index in [-0.39, 0.29) is 18.4 Å². The Morgan fingerprint density at radius 3 is 2.54 bits per heavy atom. The number of nitrogens with one attached hydrogen (secondary N) is 4. The molecule has 3 aliphatic heterocycles. The van der Waals surface area contributed by atoms with Gasteiger partial charge in [0.2, 0.25) is 0 Å². The number of fused-ring (bicyclic) bond motifs is 7. The number of amides is 2. The highest BCUT2D eigenvalue weighted by molar-refractivity contribution is 5.95. The largest absolute Gasteiger partial charge is 0.493 e. The van der Waals surface area contributed by atoms with Crippen molar-refractivity contribution in [2.45, 2.75) is 38.1 Å². The summed E-state index contributed by atoms with van der Waals surface area (Å²) in [6, 6.07) is 13.2. The fourth-order valence-corrected chi connectivity index (χ4v) is 4.97. The van der Waals surface area contributed by atoms with Crippen LogP contribution in [0.25, 0.3) is 0 Å². The molecule has 12 nitrogen and oxygen atoms in total. The van der Waals surface area contributed by atoms with Gasteiger partial charge in [-0.25, -0.2) is 4.79 Å². The van der Waals surface area contributed by atoms with Crippen LogP contribution in [0.15, 0.2) is 58.1 Å². The predicted molar refractivity (Wildman–Crippen MR) is 147 cm³/mol. The molecule has 1 aromatic heterocycles. The molecule has 2 atom stereocenters. The lowest BCUT2D eigenvalue weighted by molar-refractivity contribution is -0.123. The third-order valence-corrected chi connectivity index (χ3v) is 7.26. The van der Waals surface area contributed by atoms with Crippen LogP contribution >= 0.6 is 0 Å². The second-order valence-corrected chi connectivity index (χ2v) is 10.7. The van der Waals surface area contributed by atoms with Gasteiger partial charge in [-0.2, -0.15) is 0 Å². The molecule has 4 heterocycles. The zero-order valence-electron chi connectivity index (χ0n) is 22.3. The number of nitrogens with zero attached hydrogens (tertiary/aromatic N) is 1. The van der Waals surface area contributed by atoms with Gasteiger partial charge in [-0.3, -0.25) is 24.3 Å². The van der Waals surface area contributed by atoms with Crippen LogP contribution in [-0.4, -0.2) is 65.1 Å². The van der Waals surface area contributed by atoms with E-state index in [1.807, 2.05) is 29.2 Å². The maximum Gasteiger partial charge on any atom is 0.325 e. The van der Waals surface area contributed by atoms with Gasteiger partial charge in [0.05, 0.1) is 12.6 Å². The monoisotopic (exact) mass is 561 g/mol. The molecule has 41 heavy (non-hydrogen) atoms. The van der Waals surface area contributed by atoms with Crippen LogP contribution in [0.5, 0.6) is 17.2 Å². The molecular formula is C29H31N5O7. The van der Waals surface area contributed by atoms with E-state index in [0.717, 1.165) is 18.4 Å². The minimum absolute atomic E-state index is 0.210. The molecule has 1 saturated carbocycles. The lowest BCUT2D eigenvalue weighted by atomic mass is 10.1. The van der Waals surface area contributed by atoms with Gasteiger partial charge in [-0.05, 0) is 48.6 Å². The second kappa shape index (κ2) is 11.5. The normalized spacial score (nSPS) is 21.2. The number of hydrogen-bond acceptors (Lipinski definition) is 8. The minimum Gasteiger partial charge on any atom is -0.493 e. The van der Waals surface area contributed by atoms with Crippen LogP contribution < -0.4 is 36.1 Å². The first-order valence-electron chi connectivity index (χ1n) is 13.6. The number of aromatic amines is 2. The number of rotatable bonds is 5. The van der Waals surface area contributed by atoms with Crippen molar-refractivity contribution in [2.24, 2.45) is 5.92 Å². The van der Waals surface area contributed by atoms with E-state index in [9.17, 15) is 19.2 Å². The summed E-state index contributed by atoms with van der Waals surface area (Å²) in [5.41, 5.74) is 0.636. The van der Waals surface area contributed by atoms with Gasteiger partial charge in [0, 0.05) is 49.6 Å².